The van der Waals surface area contributed by atoms with Crippen molar-refractivity contribution >= 4 is 39.1 Å². The van der Waals surface area contributed by atoms with Gasteiger partial charge in [0.15, 0.2) is 0 Å². The average molecular weight is 236 g/mol. The molecule has 0 aliphatic carbocycles. The van der Waals surface area contributed by atoms with Crippen LogP contribution in [0.1, 0.15) is 0 Å². The predicted octanol–water partition coefficient (Wildman–Crippen LogP) is -0.836. The summed E-state index contributed by atoms with van der Waals surface area (Å²) in [5, 5.41) is 0. The third-order valence-electron chi connectivity index (χ3n) is 0.497. The van der Waals surface area contributed by atoms with Gasteiger partial charge in [-0.3, -0.25) is 0 Å². The van der Waals surface area contributed by atoms with Crippen molar-refractivity contribution in [2.75, 3.05) is 6.26 Å². The normalized spacial score (nSPS) is 13.5. The summed E-state index contributed by atoms with van der Waals surface area (Å²) in [5.41, 5.74) is -5.73. The minimum atomic E-state index is -6.04. The molecule has 0 heterocycles. The van der Waals surface area contributed by atoms with E-state index in [2.05, 4.69) is 3.63 Å². The van der Waals surface area contributed by atoms with Crippen LogP contribution < -0.4 is 0 Å². The van der Waals surface area contributed by atoms with E-state index in [0.29, 0.717) is 0 Å². The molecule has 76 valence electrons. The Morgan fingerprint density at radius 3 is 1.46 bits per heavy atom. The SMILES string of the molecule is CS(=O)(=O)OS(=O)(=O)C(F)(F)F.[LiH]. The van der Waals surface area contributed by atoms with E-state index in [1.165, 1.54) is 0 Å². The molecule has 5 nitrogen and oxygen atoms in total. The molecule has 0 rings (SSSR count). The van der Waals surface area contributed by atoms with E-state index in [1.807, 2.05) is 0 Å². The molecule has 13 heavy (non-hydrogen) atoms. The molecule has 11 heteroatoms. The van der Waals surface area contributed by atoms with Gasteiger partial charge in [0.25, 0.3) is 10.1 Å². The van der Waals surface area contributed by atoms with Crippen LogP contribution in [-0.2, 0) is 23.9 Å². The first-order chi connectivity index (χ1) is 4.96. The van der Waals surface area contributed by atoms with Crippen molar-refractivity contribution < 1.29 is 33.6 Å². The monoisotopic (exact) mass is 236 g/mol. The van der Waals surface area contributed by atoms with Gasteiger partial charge < -0.3 is 0 Å². The number of hydrogen-bond donors (Lipinski definition) is 0. The van der Waals surface area contributed by atoms with Gasteiger partial charge in [-0.05, 0) is 0 Å². The maximum absolute atomic E-state index is 11.4. The minimum absolute atomic E-state index is 0. The van der Waals surface area contributed by atoms with Crippen LogP contribution in [0.2, 0.25) is 0 Å². The van der Waals surface area contributed by atoms with Gasteiger partial charge in [0.1, 0.15) is 0 Å². The van der Waals surface area contributed by atoms with Crippen molar-refractivity contribution in [1.82, 2.24) is 0 Å². The number of alkyl halides is 3. The molecule has 0 atom stereocenters. The van der Waals surface area contributed by atoms with Crippen LogP contribution in [0.4, 0.5) is 13.2 Å². The van der Waals surface area contributed by atoms with Gasteiger partial charge in [0.2, 0.25) is 0 Å². The quantitative estimate of drug-likeness (QED) is 0.461. The molecule has 0 fully saturated rings. The third kappa shape index (κ3) is 5.53. The Morgan fingerprint density at radius 1 is 1.08 bits per heavy atom. The molecule has 0 spiro atoms. The van der Waals surface area contributed by atoms with Crippen molar-refractivity contribution in [2.24, 2.45) is 0 Å². The van der Waals surface area contributed by atoms with Crippen LogP contribution in [0.15, 0.2) is 0 Å². The summed E-state index contributed by atoms with van der Waals surface area (Å²) in [6.45, 7) is 0. The Morgan fingerprint density at radius 2 is 1.38 bits per heavy atom. The standard InChI is InChI=1S/C2H3F3O5S2.Li.H/c1-11(6,7)10-12(8,9)2(3,4)5;;/h1H3;;. The van der Waals surface area contributed by atoms with Crippen LogP contribution in [-0.4, -0.2) is 47.5 Å². The zero-order valence-electron chi connectivity index (χ0n) is 5.49. The first-order valence-corrected chi connectivity index (χ1v) is 5.40. The number of hydrogen-bond acceptors (Lipinski definition) is 5. The van der Waals surface area contributed by atoms with Crippen LogP contribution >= 0.6 is 0 Å². The molecule has 0 aromatic heterocycles. The van der Waals surface area contributed by atoms with E-state index >= 15 is 0 Å². The molecule has 0 bridgehead atoms. The van der Waals surface area contributed by atoms with Crippen molar-refractivity contribution in [2.45, 2.75) is 5.51 Å². The second-order valence-electron chi connectivity index (χ2n) is 1.67. The predicted molar refractivity (Wildman–Crippen MR) is 38.1 cm³/mol. The molecular formula is C2H4F3LiO5S2. The summed E-state index contributed by atoms with van der Waals surface area (Å²) in [4.78, 5) is 0. The number of halogens is 3. The molecule has 0 aromatic carbocycles. The number of rotatable bonds is 2. The van der Waals surface area contributed by atoms with Crippen LogP contribution in [0, 0.1) is 0 Å². The van der Waals surface area contributed by atoms with Crippen molar-refractivity contribution in [3.8, 4) is 0 Å². The van der Waals surface area contributed by atoms with Crippen molar-refractivity contribution in [3.05, 3.63) is 0 Å². The maximum atomic E-state index is 11.4. The Labute approximate surface area is 84.7 Å². The van der Waals surface area contributed by atoms with E-state index < -0.39 is 25.7 Å². The van der Waals surface area contributed by atoms with Gasteiger partial charge in [-0.1, -0.05) is 0 Å². The molecule has 0 amide bonds. The summed E-state index contributed by atoms with van der Waals surface area (Å²) >= 11 is 0. The first-order valence-electron chi connectivity index (χ1n) is 2.18. The van der Waals surface area contributed by atoms with E-state index in [-0.39, 0.29) is 25.1 Å². The third-order valence-corrected chi connectivity index (χ3v) is 2.77. The second kappa shape index (κ2) is 4.18. The Bertz CT molecular complexity index is 352. The van der Waals surface area contributed by atoms with E-state index in [9.17, 15) is 30.0 Å². The molecule has 0 aliphatic rings. The van der Waals surface area contributed by atoms with E-state index in [0.717, 1.165) is 0 Å². The fourth-order valence-electron chi connectivity index (χ4n) is 0.201. The molecule has 0 saturated heterocycles. The van der Waals surface area contributed by atoms with Gasteiger partial charge in [-0.25, -0.2) is 0 Å². The average Bonchev–Trinajstić information content (AvgIpc) is 1.52. The van der Waals surface area contributed by atoms with Crippen LogP contribution in [0.3, 0.4) is 0 Å². The summed E-state index contributed by atoms with van der Waals surface area (Å²) in [6.07, 6.45) is 0.191. The Balaban J connectivity index is 0. The summed E-state index contributed by atoms with van der Waals surface area (Å²) in [7, 11) is -10.7. The van der Waals surface area contributed by atoms with Gasteiger partial charge in [-0.15, -0.1) is 3.63 Å². The summed E-state index contributed by atoms with van der Waals surface area (Å²) in [6, 6.07) is 0. The topological polar surface area (TPSA) is 77.5 Å². The zero-order valence-corrected chi connectivity index (χ0v) is 7.12. The summed E-state index contributed by atoms with van der Waals surface area (Å²) < 4.78 is 76.8. The molecule has 0 aromatic rings. The van der Waals surface area contributed by atoms with Gasteiger partial charge in [0, 0.05) is 0 Å². The van der Waals surface area contributed by atoms with Crippen molar-refractivity contribution in [3.63, 3.8) is 0 Å². The van der Waals surface area contributed by atoms with E-state index in [4.69, 9.17) is 0 Å². The first kappa shape index (κ1) is 15.7. The van der Waals surface area contributed by atoms with Gasteiger partial charge in [0.05, 0.1) is 6.26 Å². The fourth-order valence-corrected chi connectivity index (χ4v) is 1.81. The second-order valence-corrected chi connectivity index (χ2v) is 5.00. The molecule has 0 unspecified atom stereocenters. The molecular weight excluding hydrogens is 232 g/mol. The zero-order chi connectivity index (χ0) is 10.2. The van der Waals surface area contributed by atoms with Crippen molar-refractivity contribution in [1.29, 1.82) is 0 Å². The molecule has 0 saturated carbocycles. The Hall–Kier alpha value is 0.247. The van der Waals surface area contributed by atoms with Crippen LogP contribution in [0.5, 0.6) is 0 Å². The fraction of sp³-hybridized carbons (Fsp3) is 1.00. The van der Waals surface area contributed by atoms with Gasteiger partial charge in [-0.2, -0.15) is 30.0 Å². The molecule has 0 aliphatic heterocycles. The molecule has 0 N–H and O–H groups in total. The molecule has 0 radical (unpaired) electrons. The van der Waals surface area contributed by atoms with E-state index in [1.54, 1.807) is 0 Å². The van der Waals surface area contributed by atoms with Gasteiger partial charge >= 0.3 is 34.5 Å². The Kier molecular flexibility index (Phi) is 5.05. The van der Waals surface area contributed by atoms with Crippen LogP contribution in [0.25, 0.3) is 0 Å². The summed E-state index contributed by atoms with van der Waals surface area (Å²) in [5.74, 6) is 0.